The Kier molecular flexibility index (Phi) is 4.11. The summed E-state index contributed by atoms with van der Waals surface area (Å²) in [4.78, 5) is 4.10. The zero-order chi connectivity index (χ0) is 13.9. The van der Waals surface area contributed by atoms with E-state index < -0.39 is 10.0 Å². The third kappa shape index (κ3) is 3.48. The van der Waals surface area contributed by atoms with Crippen LogP contribution in [0, 0.1) is 0 Å². The number of sulfonamides is 1. The highest BCUT2D eigenvalue weighted by Crippen LogP contribution is 2.18. The molecule has 1 aliphatic heterocycles. The molecule has 19 heavy (non-hydrogen) atoms. The molecule has 0 radical (unpaired) electrons. The van der Waals surface area contributed by atoms with Gasteiger partial charge in [0.2, 0.25) is 0 Å². The van der Waals surface area contributed by atoms with Gasteiger partial charge in [0.25, 0.3) is 10.0 Å². The highest BCUT2D eigenvalue weighted by Gasteiger charge is 2.22. The molecule has 6 nitrogen and oxygen atoms in total. The maximum Gasteiger partial charge on any atom is 0.265 e. The summed E-state index contributed by atoms with van der Waals surface area (Å²) in [5, 5.41) is 3.23. The average Bonchev–Trinajstić information content (AvgIpc) is 2.75. The van der Waals surface area contributed by atoms with Crippen LogP contribution in [0.1, 0.15) is 5.56 Å². The summed E-state index contributed by atoms with van der Waals surface area (Å²) in [5.41, 5.74) is 0.830. The number of nitrogens with one attached hydrogen (secondary N) is 1. The molecular formula is C11H13N3O3S2. The van der Waals surface area contributed by atoms with Crippen LogP contribution in [0.2, 0.25) is 0 Å². The monoisotopic (exact) mass is 299 g/mol. The van der Waals surface area contributed by atoms with Crippen molar-refractivity contribution in [3.8, 4) is 5.75 Å². The minimum Gasteiger partial charge on any atom is -0.497 e. The lowest BCUT2D eigenvalue weighted by molar-refractivity contribution is 0.415. The van der Waals surface area contributed by atoms with Gasteiger partial charge < -0.3 is 10.1 Å². The molecule has 102 valence electrons. The van der Waals surface area contributed by atoms with E-state index in [-0.39, 0.29) is 5.08 Å². The van der Waals surface area contributed by atoms with Gasteiger partial charge in [0.1, 0.15) is 16.7 Å². The van der Waals surface area contributed by atoms with E-state index >= 15 is 0 Å². The Morgan fingerprint density at radius 3 is 2.58 bits per heavy atom. The molecule has 0 saturated carbocycles. The summed E-state index contributed by atoms with van der Waals surface area (Å²) in [6.45, 7) is 0. The van der Waals surface area contributed by atoms with Crippen molar-refractivity contribution in [1.82, 2.24) is 5.32 Å². The zero-order valence-corrected chi connectivity index (χ0v) is 12.1. The molecular weight excluding hydrogens is 286 g/mol. The Labute approximate surface area is 116 Å². The summed E-state index contributed by atoms with van der Waals surface area (Å²) in [7, 11) is -0.108. The molecule has 0 unspecified atom stereocenters. The summed E-state index contributed by atoms with van der Waals surface area (Å²) in [5.74, 6) is 1.31. The molecule has 8 heteroatoms. The van der Waals surface area contributed by atoms with E-state index in [1.54, 1.807) is 14.2 Å². The minimum atomic E-state index is -3.33. The highest BCUT2D eigenvalue weighted by atomic mass is 32.3. The molecule has 1 heterocycles. The quantitative estimate of drug-likeness (QED) is 0.652. The molecule has 0 saturated heterocycles. The number of benzene rings is 1. The molecule has 1 aromatic carbocycles. The van der Waals surface area contributed by atoms with Crippen LogP contribution in [-0.2, 0) is 10.0 Å². The van der Waals surface area contributed by atoms with Gasteiger partial charge in [-0.1, -0.05) is 11.8 Å². The van der Waals surface area contributed by atoms with Crippen molar-refractivity contribution in [1.29, 1.82) is 0 Å². The first-order valence-electron chi connectivity index (χ1n) is 5.38. The Morgan fingerprint density at radius 2 is 2.11 bits per heavy atom. The molecule has 1 aromatic rings. The number of ether oxygens (including phenoxy) is 1. The summed E-state index contributed by atoms with van der Waals surface area (Å²) >= 11 is 1.14. The lowest BCUT2D eigenvalue weighted by atomic mass is 10.2. The van der Waals surface area contributed by atoms with Crippen molar-refractivity contribution in [3.63, 3.8) is 0 Å². The van der Waals surface area contributed by atoms with Gasteiger partial charge in [0.05, 0.1) is 7.11 Å². The average molecular weight is 299 g/mol. The molecule has 2 rings (SSSR count). The van der Waals surface area contributed by atoms with Crippen LogP contribution in [0.5, 0.6) is 5.75 Å². The van der Waals surface area contributed by atoms with Crippen molar-refractivity contribution < 1.29 is 13.2 Å². The molecule has 1 aliphatic rings. The SMILES string of the molecule is CN=C(NC1=NS(=O)(=O)CS1)c1ccc(OC)cc1. The van der Waals surface area contributed by atoms with Crippen LogP contribution < -0.4 is 10.1 Å². The fourth-order valence-electron chi connectivity index (χ4n) is 1.48. The van der Waals surface area contributed by atoms with Gasteiger partial charge >= 0.3 is 0 Å². The number of hydrogen-bond donors (Lipinski definition) is 1. The fraction of sp³-hybridized carbons (Fsp3) is 0.273. The van der Waals surface area contributed by atoms with Crippen LogP contribution in [0.25, 0.3) is 0 Å². The molecule has 0 aliphatic carbocycles. The van der Waals surface area contributed by atoms with Gasteiger partial charge in [-0.05, 0) is 24.3 Å². The largest absolute Gasteiger partial charge is 0.497 e. The number of nitrogens with zero attached hydrogens (tertiary/aromatic N) is 2. The Morgan fingerprint density at radius 1 is 1.42 bits per heavy atom. The van der Waals surface area contributed by atoms with Crippen LogP contribution >= 0.6 is 11.8 Å². The first kappa shape index (κ1) is 13.9. The Bertz CT molecular complexity index is 621. The number of hydrogen-bond acceptors (Lipinski definition) is 5. The Balaban J connectivity index is 2.17. The Hall–Kier alpha value is -1.54. The van der Waals surface area contributed by atoms with Crippen molar-refractivity contribution in [2.24, 2.45) is 9.39 Å². The van der Waals surface area contributed by atoms with Crippen molar-refractivity contribution in [2.45, 2.75) is 0 Å². The minimum absolute atomic E-state index is 0.0328. The molecule has 0 fully saturated rings. The summed E-state index contributed by atoms with van der Waals surface area (Å²) < 4.78 is 31.1. The number of amidine groups is 2. The number of methoxy groups -OCH3 is 1. The van der Waals surface area contributed by atoms with E-state index in [1.807, 2.05) is 24.3 Å². The van der Waals surface area contributed by atoms with Gasteiger partial charge in [-0.3, -0.25) is 4.99 Å². The smallest absolute Gasteiger partial charge is 0.265 e. The van der Waals surface area contributed by atoms with E-state index in [1.165, 1.54) is 0 Å². The maximum absolute atomic E-state index is 11.2. The summed E-state index contributed by atoms with van der Waals surface area (Å²) in [6, 6.07) is 7.29. The number of rotatable bonds is 2. The number of thioether (sulfide) groups is 1. The normalized spacial score (nSPS) is 18.0. The second-order valence-corrected chi connectivity index (χ2v) is 6.63. The van der Waals surface area contributed by atoms with Gasteiger partial charge in [-0.25, -0.2) is 8.42 Å². The van der Waals surface area contributed by atoms with E-state index in [9.17, 15) is 8.42 Å². The van der Waals surface area contributed by atoms with E-state index in [4.69, 9.17) is 4.74 Å². The number of aliphatic imine (C=N–C) groups is 1. The van der Waals surface area contributed by atoms with Crippen molar-refractivity contribution in [2.75, 3.05) is 19.2 Å². The predicted octanol–water partition coefficient (Wildman–Crippen LogP) is 1.05. The molecule has 0 spiro atoms. The zero-order valence-electron chi connectivity index (χ0n) is 10.5. The third-order valence-electron chi connectivity index (χ3n) is 2.38. The van der Waals surface area contributed by atoms with Crippen LogP contribution in [0.15, 0.2) is 33.7 Å². The van der Waals surface area contributed by atoms with Gasteiger partial charge in [-0.2, -0.15) is 0 Å². The van der Waals surface area contributed by atoms with Crippen LogP contribution in [0.4, 0.5) is 0 Å². The third-order valence-corrected chi connectivity index (χ3v) is 5.08. The van der Waals surface area contributed by atoms with E-state index in [0.29, 0.717) is 11.0 Å². The second-order valence-electron chi connectivity index (χ2n) is 3.67. The van der Waals surface area contributed by atoms with E-state index in [0.717, 1.165) is 23.1 Å². The highest BCUT2D eigenvalue weighted by molar-refractivity contribution is 8.24. The fourth-order valence-corrected chi connectivity index (χ4v) is 3.75. The first-order valence-corrected chi connectivity index (χ1v) is 7.97. The molecule has 0 atom stereocenters. The lowest BCUT2D eigenvalue weighted by Gasteiger charge is -2.08. The van der Waals surface area contributed by atoms with Crippen molar-refractivity contribution in [3.05, 3.63) is 29.8 Å². The lowest BCUT2D eigenvalue weighted by Crippen LogP contribution is -2.28. The predicted molar refractivity (Wildman–Crippen MR) is 77.4 cm³/mol. The van der Waals surface area contributed by atoms with Gasteiger partial charge in [0, 0.05) is 12.6 Å². The molecule has 1 N–H and O–H groups in total. The van der Waals surface area contributed by atoms with Gasteiger partial charge in [-0.15, -0.1) is 4.40 Å². The van der Waals surface area contributed by atoms with Crippen LogP contribution in [-0.4, -0.2) is 38.7 Å². The summed E-state index contributed by atoms with van der Waals surface area (Å²) in [6.07, 6.45) is 0. The topological polar surface area (TPSA) is 80.1 Å². The molecule has 0 bridgehead atoms. The molecule has 0 amide bonds. The maximum atomic E-state index is 11.2. The van der Waals surface area contributed by atoms with Crippen molar-refractivity contribution >= 4 is 32.8 Å². The second kappa shape index (κ2) is 5.62. The van der Waals surface area contributed by atoms with Crippen LogP contribution in [0.3, 0.4) is 0 Å². The first-order chi connectivity index (χ1) is 9.04. The van der Waals surface area contributed by atoms with Gasteiger partial charge in [0.15, 0.2) is 5.17 Å². The standard InChI is InChI=1S/C11H13N3O3S2/c1-12-10(8-3-5-9(17-2)6-4-8)13-11-14-19(15,16)7-18-11/h3-6H,7H2,1-2H3,(H,12,13,14). The molecule has 0 aromatic heterocycles. The van der Waals surface area contributed by atoms with E-state index in [2.05, 4.69) is 14.7 Å².